The number of rotatable bonds is 4. The monoisotopic (exact) mass is 375 g/mol. The second-order valence-electron chi connectivity index (χ2n) is 6.08. The van der Waals surface area contributed by atoms with Gasteiger partial charge in [0, 0.05) is 19.5 Å². The van der Waals surface area contributed by atoms with E-state index >= 15 is 0 Å². The minimum absolute atomic E-state index is 0.284. The van der Waals surface area contributed by atoms with Crippen molar-refractivity contribution in [2.75, 3.05) is 14.1 Å². The van der Waals surface area contributed by atoms with Gasteiger partial charge in [0.15, 0.2) is 6.10 Å². The molecule has 0 aliphatic heterocycles. The van der Waals surface area contributed by atoms with Crippen LogP contribution in [0.2, 0.25) is 0 Å². The number of thiophene rings is 1. The van der Waals surface area contributed by atoms with Crippen LogP contribution >= 0.6 is 11.3 Å². The summed E-state index contributed by atoms with van der Waals surface area (Å²) in [4.78, 5) is 26.8. The van der Waals surface area contributed by atoms with Crippen LogP contribution in [0, 0.1) is 12.7 Å². The molecule has 0 spiro atoms. The van der Waals surface area contributed by atoms with Gasteiger partial charge >= 0.3 is 5.97 Å². The van der Waals surface area contributed by atoms with Crippen molar-refractivity contribution in [3.63, 3.8) is 0 Å². The number of aryl methyl sites for hydroxylation is 1. The topological polar surface area (TPSA) is 64.4 Å². The first-order valence-corrected chi connectivity index (χ1v) is 8.77. The first kappa shape index (κ1) is 18.1. The van der Waals surface area contributed by atoms with E-state index in [1.54, 1.807) is 43.9 Å². The lowest BCUT2D eigenvalue weighted by Gasteiger charge is -2.16. The van der Waals surface area contributed by atoms with Gasteiger partial charge in [-0.2, -0.15) is 5.10 Å². The van der Waals surface area contributed by atoms with Crippen LogP contribution in [0.15, 0.2) is 30.3 Å². The molecule has 0 bridgehead atoms. The van der Waals surface area contributed by atoms with Gasteiger partial charge in [0.25, 0.3) is 5.91 Å². The van der Waals surface area contributed by atoms with E-state index < -0.39 is 12.1 Å². The van der Waals surface area contributed by atoms with Gasteiger partial charge < -0.3 is 9.64 Å². The van der Waals surface area contributed by atoms with Crippen molar-refractivity contribution in [1.82, 2.24) is 14.7 Å². The number of ether oxygens (including phenoxy) is 1. The number of aromatic nitrogens is 2. The highest BCUT2D eigenvalue weighted by Crippen LogP contribution is 2.31. The zero-order chi connectivity index (χ0) is 19.0. The summed E-state index contributed by atoms with van der Waals surface area (Å²) >= 11 is 1.22. The summed E-state index contributed by atoms with van der Waals surface area (Å²) in [7, 11) is 3.21. The first-order valence-electron chi connectivity index (χ1n) is 7.95. The summed E-state index contributed by atoms with van der Waals surface area (Å²) in [6.07, 6.45) is -0.864. The molecule has 1 atom stereocenters. The van der Waals surface area contributed by atoms with E-state index in [1.807, 2.05) is 6.92 Å². The minimum Gasteiger partial charge on any atom is -0.448 e. The molecule has 0 saturated carbocycles. The number of carbonyl (C=O) groups excluding carboxylic acids is 2. The van der Waals surface area contributed by atoms with Crippen molar-refractivity contribution >= 4 is 33.4 Å². The number of halogens is 1. The van der Waals surface area contributed by atoms with Gasteiger partial charge in [-0.3, -0.25) is 4.79 Å². The summed E-state index contributed by atoms with van der Waals surface area (Å²) in [5.41, 5.74) is 1.44. The van der Waals surface area contributed by atoms with Crippen LogP contribution in [0.4, 0.5) is 4.39 Å². The fourth-order valence-electron chi connectivity index (χ4n) is 2.54. The Bertz CT molecular complexity index is 976. The predicted octanol–water partition coefficient (Wildman–Crippen LogP) is 3.17. The molecule has 6 nitrogen and oxygen atoms in total. The van der Waals surface area contributed by atoms with Crippen LogP contribution in [-0.2, 0) is 9.53 Å². The van der Waals surface area contributed by atoms with Crippen LogP contribution in [0.3, 0.4) is 0 Å². The summed E-state index contributed by atoms with van der Waals surface area (Å²) in [5, 5.41) is 5.27. The second-order valence-corrected chi connectivity index (χ2v) is 7.11. The Morgan fingerprint density at radius 1 is 1.27 bits per heavy atom. The number of amides is 1. The van der Waals surface area contributed by atoms with Crippen LogP contribution in [-0.4, -0.2) is 46.8 Å². The molecular weight excluding hydrogens is 357 g/mol. The van der Waals surface area contributed by atoms with Gasteiger partial charge in [-0.25, -0.2) is 13.9 Å². The third kappa shape index (κ3) is 3.32. The van der Waals surface area contributed by atoms with Gasteiger partial charge in [-0.15, -0.1) is 11.3 Å². The molecule has 3 rings (SSSR count). The van der Waals surface area contributed by atoms with Crippen molar-refractivity contribution in [2.24, 2.45) is 0 Å². The Balaban J connectivity index is 1.92. The Kier molecular flexibility index (Phi) is 4.78. The number of hydrogen-bond donors (Lipinski definition) is 0. The lowest BCUT2D eigenvalue weighted by molar-refractivity contribution is -0.137. The van der Waals surface area contributed by atoms with E-state index in [0.29, 0.717) is 10.6 Å². The normalized spacial score (nSPS) is 12.2. The maximum Gasteiger partial charge on any atom is 0.349 e. The number of esters is 1. The fourth-order valence-corrected chi connectivity index (χ4v) is 3.60. The molecular formula is C18H18FN3O3S. The Hall–Kier alpha value is -2.74. The standard InChI is InChI=1S/C18H18FN3O3S/c1-10-14-9-15(18(24)25-11(2)16(23)21(3)4)26-17(14)22(20-10)13-7-5-12(19)6-8-13/h5-9,11H,1-4H3/t11-/m1/s1. The SMILES string of the molecule is Cc1nn(-c2ccc(F)cc2)c2sc(C(=O)O[C@H](C)C(=O)N(C)C)cc12. The van der Waals surface area contributed by atoms with Crippen molar-refractivity contribution in [1.29, 1.82) is 0 Å². The van der Waals surface area contributed by atoms with E-state index in [0.717, 1.165) is 15.9 Å². The maximum absolute atomic E-state index is 13.2. The quantitative estimate of drug-likeness (QED) is 0.657. The van der Waals surface area contributed by atoms with Crippen molar-refractivity contribution in [3.05, 3.63) is 46.7 Å². The molecule has 3 aromatic rings. The highest BCUT2D eigenvalue weighted by atomic mass is 32.1. The number of nitrogens with zero attached hydrogens (tertiary/aromatic N) is 3. The van der Waals surface area contributed by atoms with Crippen molar-refractivity contribution in [3.8, 4) is 5.69 Å². The summed E-state index contributed by atoms with van der Waals surface area (Å²) in [6.45, 7) is 3.38. The molecule has 2 aromatic heterocycles. The number of fused-ring (bicyclic) bond motifs is 1. The smallest absolute Gasteiger partial charge is 0.349 e. The molecule has 0 aliphatic rings. The Labute approximate surface area is 153 Å². The number of benzene rings is 1. The highest BCUT2D eigenvalue weighted by molar-refractivity contribution is 7.20. The van der Waals surface area contributed by atoms with Crippen molar-refractivity contribution in [2.45, 2.75) is 20.0 Å². The van der Waals surface area contributed by atoms with Crippen LogP contribution in [0.1, 0.15) is 22.3 Å². The molecule has 1 aromatic carbocycles. The zero-order valence-corrected chi connectivity index (χ0v) is 15.6. The minimum atomic E-state index is -0.864. The van der Waals surface area contributed by atoms with E-state index in [4.69, 9.17) is 4.74 Å². The molecule has 0 aliphatic carbocycles. The number of likely N-dealkylation sites (N-methyl/N-ethyl adjacent to an activating group) is 1. The molecule has 8 heteroatoms. The van der Waals surface area contributed by atoms with E-state index in [2.05, 4.69) is 5.10 Å². The van der Waals surface area contributed by atoms with E-state index in [9.17, 15) is 14.0 Å². The maximum atomic E-state index is 13.2. The Morgan fingerprint density at radius 2 is 1.92 bits per heavy atom. The molecule has 0 N–H and O–H groups in total. The molecule has 0 unspecified atom stereocenters. The number of carbonyl (C=O) groups is 2. The van der Waals surface area contributed by atoms with Gasteiger partial charge in [-0.05, 0) is 44.2 Å². The predicted molar refractivity (Wildman–Crippen MR) is 97.2 cm³/mol. The van der Waals surface area contributed by atoms with E-state index in [1.165, 1.54) is 28.4 Å². The van der Waals surface area contributed by atoms with Crippen LogP contribution < -0.4 is 0 Å². The Morgan fingerprint density at radius 3 is 2.54 bits per heavy atom. The molecule has 2 heterocycles. The summed E-state index contributed by atoms with van der Waals surface area (Å²) in [5.74, 6) is -1.17. The lowest BCUT2D eigenvalue weighted by atomic mass is 10.3. The van der Waals surface area contributed by atoms with Crippen LogP contribution in [0.5, 0.6) is 0 Å². The van der Waals surface area contributed by atoms with Gasteiger partial charge in [0.05, 0.1) is 11.4 Å². The largest absolute Gasteiger partial charge is 0.448 e. The lowest BCUT2D eigenvalue weighted by Crippen LogP contribution is -2.34. The first-order chi connectivity index (χ1) is 12.3. The van der Waals surface area contributed by atoms with Gasteiger partial charge in [0.2, 0.25) is 0 Å². The molecule has 26 heavy (non-hydrogen) atoms. The molecule has 0 radical (unpaired) electrons. The third-order valence-electron chi connectivity index (χ3n) is 3.89. The molecule has 0 saturated heterocycles. The second kappa shape index (κ2) is 6.87. The fraction of sp³-hybridized carbons (Fsp3) is 0.278. The van der Waals surface area contributed by atoms with Crippen LogP contribution in [0.25, 0.3) is 15.9 Å². The molecule has 136 valence electrons. The summed E-state index contributed by atoms with van der Waals surface area (Å²) in [6, 6.07) is 7.66. The third-order valence-corrected chi connectivity index (χ3v) is 4.98. The average Bonchev–Trinajstić information content (AvgIpc) is 3.16. The van der Waals surface area contributed by atoms with Gasteiger partial charge in [0.1, 0.15) is 15.5 Å². The highest BCUT2D eigenvalue weighted by Gasteiger charge is 2.23. The number of hydrogen-bond acceptors (Lipinski definition) is 5. The summed E-state index contributed by atoms with van der Waals surface area (Å²) < 4.78 is 20.1. The van der Waals surface area contributed by atoms with E-state index in [-0.39, 0.29) is 11.7 Å². The molecule has 1 amide bonds. The van der Waals surface area contributed by atoms with Gasteiger partial charge in [-0.1, -0.05) is 0 Å². The van der Waals surface area contributed by atoms with Crippen molar-refractivity contribution < 1.29 is 18.7 Å². The average molecular weight is 375 g/mol. The molecule has 0 fully saturated rings. The zero-order valence-electron chi connectivity index (χ0n) is 14.8.